The minimum absolute atomic E-state index is 0.0496. The molecule has 1 aromatic heterocycles. The normalized spacial score (nSPS) is 12.6. The van der Waals surface area contributed by atoms with Gasteiger partial charge in [0.05, 0.1) is 12.1 Å². The van der Waals surface area contributed by atoms with Crippen LogP contribution in [0.3, 0.4) is 0 Å². The average Bonchev–Trinajstić information content (AvgIpc) is 2.94. The molecule has 1 heterocycles. The highest BCUT2D eigenvalue weighted by Gasteiger charge is 2.16. The molecule has 1 amide bonds. The summed E-state index contributed by atoms with van der Waals surface area (Å²) in [5.41, 5.74) is 3.17. The van der Waals surface area contributed by atoms with Crippen LogP contribution in [-0.2, 0) is 11.2 Å². The second kappa shape index (κ2) is 9.11. The van der Waals surface area contributed by atoms with Gasteiger partial charge in [0.15, 0.2) is 0 Å². The Balaban J connectivity index is 1.98. The molecule has 5 heteroatoms. The molecule has 4 nitrogen and oxygen atoms in total. The van der Waals surface area contributed by atoms with Gasteiger partial charge in [0.2, 0.25) is 5.91 Å². The lowest BCUT2D eigenvalue weighted by Gasteiger charge is -2.23. The Labute approximate surface area is 155 Å². The molecule has 1 atom stereocenters. The summed E-state index contributed by atoms with van der Waals surface area (Å²) >= 11 is 1.59. The third-order valence-electron chi connectivity index (χ3n) is 3.87. The highest BCUT2D eigenvalue weighted by molar-refractivity contribution is 7.13. The molecule has 1 unspecified atom stereocenters. The molecular formula is C20H29N3OS. The minimum Gasteiger partial charge on any atom is -0.352 e. The molecule has 0 saturated carbocycles. The number of thiazole rings is 1. The van der Waals surface area contributed by atoms with Crippen LogP contribution >= 0.6 is 11.3 Å². The van der Waals surface area contributed by atoms with Crippen LogP contribution in [0.25, 0.3) is 10.6 Å². The first kappa shape index (κ1) is 19.6. The Hall–Kier alpha value is -1.72. The van der Waals surface area contributed by atoms with Crippen molar-refractivity contribution in [2.75, 3.05) is 20.6 Å². The zero-order valence-electron chi connectivity index (χ0n) is 15.9. The summed E-state index contributed by atoms with van der Waals surface area (Å²) in [5.74, 6) is 0.603. The largest absolute Gasteiger partial charge is 0.352 e. The number of hydrogen-bond acceptors (Lipinski definition) is 4. The number of carbonyl (C=O) groups is 1. The van der Waals surface area contributed by atoms with Gasteiger partial charge < -0.3 is 10.2 Å². The SMILES string of the molecule is Cc1cccc(-c2nc(CC(=O)NC(CC(C)C)CN(C)C)cs2)c1. The van der Waals surface area contributed by atoms with Crippen molar-refractivity contribution >= 4 is 17.2 Å². The van der Waals surface area contributed by atoms with E-state index in [2.05, 4.69) is 54.2 Å². The predicted molar refractivity (Wildman–Crippen MR) is 106 cm³/mol. The van der Waals surface area contributed by atoms with Gasteiger partial charge in [-0.1, -0.05) is 37.6 Å². The first-order chi connectivity index (χ1) is 11.8. The summed E-state index contributed by atoms with van der Waals surface area (Å²) < 4.78 is 0. The van der Waals surface area contributed by atoms with E-state index in [4.69, 9.17) is 0 Å². The highest BCUT2D eigenvalue weighted by Crippen LogP contribution is 2.24. The molecule has 0 aliphatic carbocycles. The lowest BCUT2D eigenvalue weighted by Crippen LogP contribution is -2.43. The number of rotatable bonds is 8. The van der Waals surface area contributed by atoms with E-state index in [1.165, 1.54) is 5.56 Å². The third-order valence-corrected chi connectivity index (χ3v) is 4.81. The fraction of sp³-hybridized carbons (Fsp3) is 0.500. The van der Waals surface area contributed by atoms with Crippen molar-refractivity contribution in [2.45, 2.75) is 39.7 Å². The molecule has 0 saturated heterocycles. The Morgan fingerprint density at radius 2 is 2.08 bits per heavy atom. The van der Waals surface area contributed by atoms with Gasteiger partial charge in [0.25, 0.3) is 0 Å². The Kier molecular flexibility index (Phi) is 7.14. The fourth-order valence-corrected chi connectivity index (χ4v) is 3.75. The smallest absolute Gasteiger partial charge is 0.226 e. The van der Waals surface area contributed by atoms with Gasteiger partial charge in [-0.15, -0.1) is 11.3 Å². The molecular weight excluding hydrogens is 330 g/mol. The van der Waals surface area contributed by atoms with E-state index in [9.17, 15) is 4.79 Å². The van der Waals surface area contributed by atoms with E-state index in [1.807, 2.05) is 25.5 Å². The number of hydrogen-bond donors (Lipinski definition) is 1. The molecule has 0 aliphatic rings. The van der Waals surface area contributed by atoms with Crippen LogP contribution in [0.15, 0.2) is 29.6 Å². The number of likely N-dealkylation sites (N-methyl/N-ethyl adjacent to an activating group) is 1. The van der Waals surface area contributed by atoms with Crippen LogP contribution in [-0.4, -0.2) is 42.5 Å². The van der Waals surface area contributed by atoms with Crippen molar-refractivity contribution in [1.82, 2.24) is 15.2 Å². The first-order valence-electron chi connectivity index (χ1n) is 8.79. The van der Waals surface area contributed by atoms with Crippen molar-refractivity contribution in [3.63, 3.8) is 0 Å². The Morgan fingerprint density at radius 1 is 1.32 bits per heavy atom. The average molecular weight is 360 g/mol. The van der Waals surface area contributed by atoms with Crippen molar-refractivity contribution in [3.8, 4) is 10.6 Å². The summed E-state index contributed by atoms with van der Waals surface area (Å²) in [6, 6.07) is 8.47. The van der Waals surface area contributed by atoms with E-state index in [-0.39, 0.29) is 11.9 Å². The third kappa shape index (κ3) is 6.59. The molecule has 0 radical (unpaired) electrons. The van der Waals surface area contributed by atoms with Crippen molar-refractivity contribution in [2.24, 2.45) is 5.92 Å². The lowest BCUT2D eigenvalue weighted by atomic mass is 10.0. The van der Waals surface area contributed by atoms with Gasteiger partial charge in [0, 0.05) is 23.5 Å². The summed E-state index contributed by atoms with van der Waals surface area (Å²) in [5, 5.41) is 6.13. The zero-order chi connectivity index (χ0) is 18.4. The van der Waals surface area contributed by atoms with Crippen molar-refractivity contribution < 1.29 is 4.79 Å². The van der Waals surface area contributed by atoms with Crippen LogP contribution in [0, 0.1) is 12.8 Å². The van der Waals surface area contributed by atoms with E-state index in [1.54, 1.807) is 11.3 Å². The van der Waals surface area contributed by atoms with Gasteiger partial charge in [-0.05, 0) is 39.4 Å². The van der Waals surface area contributed by atoms with Crippen molar-refractivity contribution in [1.29, 1.82) is 0 Å². The minimum atomic E-state index is 0.0496. The van der Waals surface area contributed by atoms with Gasteiger partial charge >= 0.3 is 0 Å². The molecule has 2 rings (SSSR count). The quantitative estimate of drug-likeness (QED) is 0.781. The monoisotopic (exact) mass is 359 g/mol. The maximum Gasteiger partial charge on any atom is 0.226 e. The highest BCUT2D eigenvalue weighted by atomic mass is 32.1. The number of nitrogens with zero attached hydrogens (tertiary/aromatic N) is 2. The number of aryl methyl sites for hydroxylation is 1. The van der Waals surface area contributed by atoms with Gasteiger partial charge in [-0.2, -0.15) is 0 Å². The van der Waals surface area contributed by atoms with E-state index >= 15 is 0 Å². The lowest BCUT2D eigenvalue weighted by molar-refractivity contribution is -0.121. The molecule has 0 spiro atoms. The van der Waals surface area contributed by atoms with Gasteiger partial charge in [0.1, 0.15) is 5.01 Å². The predicted octanol–water partition coefficient (Wildman–Crippen LogP) is 3.75. The standard InChI is InChI=1S/C20H29N3OS/c1-14(2)9-17(12-23(4)5)21-19(24)11-18-13-25-20(22-18)16-8-6-7-15(3)10-16/h6-8,10,13-14,17H,9,11-12H2,1-5H3,(H,21,24). The second-order valence-electron chi connectivity index (χ2n) is 7.35. The number of nitrogens with one attached hydrogen (secondary N) is 1. The Morgan fingerprint density at radius 3 is 2.72 bits per heavy atom. The van der Waals surface area contributed by atoms with Crippen LogP contribution in [0.5, 0.6) is 0 Å². The van der Waals surface area contributed by atoms with Crippen LogP contribution < -0.4 is 5.32 Å². The van der Waals surface area contributed by atoms with Gasteiger partial charge in [-0.3, -0.25) is 4.79 Å². The number of carbonyl (C=O) groups excluding carboxylic acids is 1. The van der Waals surface area contributed by atoms with Crippen LogP contribution in [0.1, 0.15) is 31.5 Å². The summed E-state index contributed by atoms with van der Waals surface area (Å²) in [6.45, 7) is 7.30. The topological polar surface area (TPSA) is 45.2 Å². The molecule has 0 aliphatic heterocycles. The molecule has 0 bridgehead atoms. The summed E-state index contributed by atoms with van der Waals surface area (Å²) in [4.78, 5) is 19.2. The molecule has 136 valence electrons. The van der Waals surface area contributed by atoms with E-state index in [0.717, 1.165) is 29.2 Å². The number of aromatic nitrogens is 1. The number of amides is 1. The maximum absolute atomic E-state index is 12.4. The number of benzene rings is 1. The Bertz CT molecular complexity index is 684. The fourth-order valence-electron chi connectivity index (χ4n) is 2.93. The van der Waals surface area contributed by atoms with Crippen LogP contribution in [0.4, 0.5) is 0 Å². The molecule has 1 aromatic carbocycles. The molecule has 2 aromatic rings. The maximum atomic E-state index is 12.4. The first-order valence-corrected chi connectivity index (χ1v) is 9.67. The molecule has 1 N–H and O–H groups in total. The molecule has 25 heavy (non-hydrogen) atoms. The molecule has 0 fully saturated rings. The van der Waals surface area contributed by atoms with E-state index < -0.39 is 0 Å². The van der Waals surface area contributed by atoms with Gasteiger partial charge in [-0.25, -0.2) is 4.98 Å². The van der Waals surface area contributed by atoms with Crippen LogP contribution in [0.2, 0.25) is 0 Å². The second-order valence-corrected chi connectivity index (χ2v) is 8.20. The van der Waals surface area contributed by atoms with E-state index in [0.29, 0.717) is 12.3 Å². The van der Waals surface area contributed by atoms with Crippen molar-refractivity contribution in [3.05, 3.63) is 40.9 Å². The summed E-state index contributed by atoms with van der Waals surface area (Å²) in [7, 11) is 4.07. The summed E-state index contributed by atoms with van der Waals surface area (Å²) in [6.07, 6.45) is 1.32. The zero-order valence-corrected chi connectivity index (χ0v) is 16.7.